The SMILES string of the molecule is [NH3+]CCNC(=O)c1ccc(CSC(=O)CC[N+](=O)[O-])cc1. The molecule has 114 valence electrons. The molecule has 1 rings (SSSR count). The van der Waals surface area contributed by atoms with E-state index in [9.17, 15) is 19.7 Å². The van der Waals surface area contributed by atoms with Gasteiger partial charge in [-0.2, -0.15) is 0 Å². The van der Waals surface area contributed by atoms with E-state index in [0.717, 1.165) is 17.3 Å². The maximum Gasteiger partial charge on any atom is 0.251 e. The van der Waals surface area contributed by atoms with E-state index >= 15 is 0 Å². The molecule has 0 aromatic heterocycles. The van der Waals surface area contributed by atoms with E-state index < -0.39 is 4.92 Å². The minimum atomic E-state index is -0.502. The van der Waals surface area contributed by atoms with Crippen LogP contribution in [-0.2, 0) is 10.5 Å². The van der Waals surface area contributed by atoms with Crippen LogP contribution >= 0.6 is 11.8 Å². The third kappa shape index (κ3) is 6.87. The van der Waals surface area contributed by atoms with Gasteiger partial charge >= 0.3 is 0 Å². The number of carbonyl (C=O) groups is 2. The van der Waals surface area contributed by atoms with Crippen LogP contribution in [-0.4, -0.2) is 35.6 Å². The van der Waals surface area contributed by atoms with E-state index in [2.05, 4.69) is 11.1 Å². The number of amides is 1. The highest BCUT2D eigenvalue weighted by Gasteiger charge is 2.09. The predicted molar refractivity (Wildman–Crippen MR) is 79.3 cm³/mol. The van der Waals surface area contributed by atoms with Gasteiger partial charge in [0.1, 0.15) is 0 Å². The van der Waals surface area contributed by atoms with Crippen molar-refractivity contribution >= 4 is 22.8 Å². The molecule has 0 heterocycles. The molecule has 0 aliphatic heterocycles. The van der Waals surface area contributed by atoms with E-state index in [1.54, 1.807) is 24.3 Å². The second-order valence-electron chi connectivity index (χ2n) is 4.27. The molecule has 0 unspecified atom stereocenters. The molecule has 1 aromatic rings. The normalized spacial score (nSPS) is 10.1. The highest BCUT2D eigenvalue weighted by Crippen LogP contribution is 2.15. The molecule has 0 bridgehead atoms. The first-order valence-electron chi connectivity index (χ1n) is 6.46. The van der Waals surface area contributed by atoms with Crippen molar-refractivity contribution in [3.8, 4) is 0 Å². The summed E-state index contributed by atoms with van der Waals surface area (Å²) in [5.41, 5.74) is 5.09. The van der Waals surface area contributed by atoms with Gasteiger partial charge in [0.2, 0.25) is 6.54 Å². The van der Waals surface area contributed by atoms with Gasteiger partial charge in [0.05, 0.1) is 19.5 Å². The van der Waals surface area contributed by atoms with Crippen LogP contribution in [0.1, 0.15) is 22.3 Å². The Morgan fingerprint density at radius 2 is 1.95 bits per heavy atom. The van der Waals surface area contributed by atoms with Crippen molar-refractivity contribution < 1.29 is 20.2 Å². The van der Waals surface area contributed by atoms with Crippen LogP contribution in [0.25, 0.3) is 0 Å². The van der Waals surface area contributed by atoms with Gasteiger partial charge in [0.25, 0.3) is 5.91 Å². The highest BCUT2D eigenvalue weighted by molar-refractivity contribution is 8.12. The molecule has 0 aliphatic rings. The largest absolute Gasteiger partial charge is 0.356 e. The molecule has 1 amide bonds. The van der Waals surface area contributed by atoms with Crippen molar-refractivity contribution in [3.63, 3.8) is 0 Å². The highest BCUT2D eigenvalue weighted by atomic mass is 32.2. The molecule has 0 radical (unpaired) electrons. The maximum atomic E-state index is 11.7. The average Bonchev–Trinajstić information content (AvgIpc) is 2.49. The van der Waals surface area contributed by atoms with Crippen LogP contribution in [0.3, 0.4) is 0 Å². The molecular weight excluding hydrogens is 294 g/mol. The number of nitrogens with one attached hydrogen (secondary N) is 1. The second kappa shape index (κ2) is 9.09. The number of hydrogen-bond acceptors (Lipinski definition) is 5. The Balaban J connectivity index is 2.42. The fraction of sp³-hybridized carbons (Fsp3) is 0.385. The minimum absolute atomic E-state index is 0.0663. The number of rotatable bonds is 8. The fourth-order valence-electron chi connectivity index (χ4n) is 1.47. The summed E-state index contributed by atoms with van der Waals surface area (Å²) in [6.45, 7) is 0.825. The Morgan fingerprint density at radius 1 is 1.29 bits per heavy atom. The Bertz CT molecular complexity index is 505. The maximum absolute atomic E-state index is 11.7. The van der Waals surface area contributed by atoms with Crippen molar-refractivity contribution in [2.24, 2.45) is 0 Å². The van der Waals surface area contributed by atoms with E-state index in [4.69, 9.17) is 0 Å². The van der Waals surface area contributed by atoms with Crippen LogP contribution in [0.4, 0.5) is 0 Å². The lowest BCUT2D eigenvalue weighted by Gasteiger charge is -2.04. The van der Waals surface area contributed by atoms with Crippen molar-refractivity contribution in [2.75, 3.05) is 19.6 Å². The van der Waals surface area contributed by atoms with Crippen LogP contribution in [0.15, 0.2) is 24.3 Å². The molecule has 0 aliphatic carbocycles. The molecule has 0 spiro atoms. The number of nitrogens with zero attached hydrogens (tertiary/aromatic N) is 1. The average molecular weight is 312 g/mol. The molecule has 0 saturated heterocycles. The minimum Gasteiger partial charge on any atom is -0.356 e. The molecular formula is C13H18N3O4S+. The number of nitro groups is 1. The molecule has 7 nitrogen and oxygen atoms in total. The molecule has 4 N–H and O–H groups in total. The summed E-state index contributed by atoms with van der Waals surface area (Å²) in [7, 11) is 0. The van der Waals surface area contributed by atoms with E-state index in [1.165, 1.54) is 0 Å². The molecule has 0 fully saturated rings. The summed E-state index contributed by atoms with van der Waals surface area (Å²) in [5.74, 6) is 0.289. The van der Waals surface area contributed by atoms with Gasteiger partial charge in [-0.3, -0.25) is 19.7 Å². The fourth-order valence-corrected chi connectivity index (χ4v) is 2.23. The van der Waals surface area contributed by atoms with Gasteiger partial charge in [-0.1, -0.05) is 23.9 Å². The van der Waals surface area contributed by atoms with Crippen LogP contribution in [0.5, 0.6) is 0 Å². The van der Waals surface area contributed by atoms with Crippen molar-refractivity contribution in [3.05, 3.63) is 45.5 Å². The van der Waals surface area contributed by atoms with Gasteiger partial charge in [-0.05, 0) is 17.7 Å². The Labute approximate surface area is 126 Å². The Kier molecular flexibility index (Phi) is 7.41. The zero-order chi connectivity index (χ0) is 15.7. The summed E-state index contributed by atoms with van der Waals surface area (Å²) < 4.78 is 0. The van der Waals surface area contributed by atoms with Crippen molar-refractivity contribution in [1.82, 2.24) is 5.32 Å². The number of quaternary nitrogens is 1. The van der Waals surface area contributed by atoms with Gasteiger partial charge in [-0.15, -0.1) is 0 Å². The molecule has 0 saturated carbocycles. The first-order chi connectivity index (χ1) is 10.0. The zero-order valence-corrected chi connectivity index (χ0v) is 12.4. The number of benzene rings is 1. The van der Waals surface area contributed by atoms with Gasteiger partial charge in [0, 0.05) is 16.2 Å². The first-order valence-corrected chi connectivity index (χ1v) is 7.45. The lowest BCUT2D eigenvalue weighted by molar-refractivity contribution is -0.478. The third-order valence-corrected chi connectivity index (χ3v) is 3.58. The first kappa shape index (κ1) is 17.1. The Morgan fingerprint density at radius 3 is 2.52 bits per heavy atom. The molecule has 0 atom stereocenters. The molecule has 21 heavy (non-hydrogen) atoms. The Hall–Kier alpha value is -1.93. The number of thioether (sulfide) groups is 1. The molecule has 8 heteroatoms. The smallest absolute Gasteiger partial charge is 0.251 e. The summed E-state index contributed by atoms with van der Waals surface area (Å²) >= 11 is 1.05. The quantitative estimate of drug-likeness (QED) is 0.521. The molecule has 1 aromatic carbocycles. The summed E-state index contributed by atoms with van der Waals surface area (Å²) in [6, 6.07) is 6.92. The monoisotopic (exact) mass is 312 g/mol. The summed E-state index contributed by atoms with van der Waals surface area (Å²) in [4.78, 5) is 32.7. The lowest BCUT2D eigenvalue weighted by Crippen LogP contribution is -2.54. The van der Waals surface area contributed by atoms with Crippen molar-refractivity contribution in [2.45, 2.75) is 12.2 Å². The predicted octanol–water partition coefficient (Wildman–Crippen LogP) is 0.0849. The van der Waals surface area contributed by atoms with E-state index in [0.29, 0.717) is 24.4 Å². The number of carbonyl (C=O) groups excluding carboxylic acids is 2. The van der Waals surface area contributed by atoms with Gasteiger partial charge < -0.3 is 11.1 Å². The van der Waals surface area contributed by atoms with E-state index in [1.807, 2.05) is 0 Å². The van der Waals surface area contributed by atoms with Crippen molar-refractivity contribution in [1.29, 1.82) is 0 Å². The van der Waals surface area contributed by atoms with E-state index in [-0.39, 0.29) is 24.0 Å². The lowest BCUT2D eigenvalue weighted by atomic mass is 10.1. The van der Waals surface area contributed by atoms with Crippen LogP contribution in [0.2, 0.25) is 0 Å². The van der Waals surface area contributed by atoms with Gasteiger partial charge in [-0.25, -0.2) is 0 Å². The number of hydrogen-bond donors (Lipinski definition) is 2. The zero-order valence-electron chi connectivity index (χ0n) is 11.5. The van der Waals surface area contributed by atoms with Crippen LogP contribution in [0, 0.1) is 10.1 Å². The van der Waals surface area contributed by atoms with Crippen LogP contribution < -0.4 is 11.1 Å². The summed E-state index contributed by atoms with van der Waals surface area (Å²) in [6.07, 6.45) is -0.0663. The third-order valence-electron chi connectivity index (χ3n) is 2.58. The van der Waals surface area contributed by atoms with Gasteiger partial charge in [0.15, 0.2) is 5.12 Å². The topological polar surface area (TPSA) is 117 Å². The second-order valence-corrected chi connectivity index (χ2v) is 5.31. The summed E-state index contributed by atoms with van der Waals surface area (Å²) in [5, 5.41) is 12.7. The standard InChI is InChI=1S/C13H17N3O4S/c14-6-7-15-13(18)11-3-1-10(2-4-11)9-21-12(17)5-8-16(19)20/h1-4H,5-9,14H2,(H,15,18)/p+1.